The summed E-state index contributed by atoms with van der Waals surface area (Å²) in [5.41, 5.74) is 2.39. The molecule has 0 aliphatic rings. The van der Waals surface area contributed by atoms with Crippen molar-refractivity contribution in [3.63, 3.8) is 0 Å². The van der Waals surface area contributed by atoms with Gasteiger partial charge in [-0.15, -0.1) is 0 Å². The Kier molecular flexibility index (Phi) is 5.20. The molecule has 0 radical (unpaired) electrons. The second kappa shape index (κ2) is 6.04. The van der Waals surface area contributed by atoms with Crippen LogP contribution >= 0.6 is 22.3 Å². The van der Waals surface area contributed by atoms with Crippen LogP contribution in [0.1, 0.15) is 23.6 Å². The lowest BCUT2D eigenvalue weighted by molar-refractivity contribution is -0.116. The van der Waals surface area contributed by atoms with Crippen molar-refractivity contribution in [1.82, 2.24) is 0 Å². The number of rotatable bonds is 5. The number of aryl methyl sites for hydroxylation is 1. The zero-order valence-electron chi connectivity index (χ0n) is 10.2. The largest absolute Gasteiger partial charge is 0.300 e. The van der Waals surface area contributed by atoms with Gasteiger partial charge in [0.05, 0.1) is 5.75 Å². The number of hydrogen-bond donors (Lipinski definition) is 0. The number of carbonyl (C=O) groups excluding carboxylic acids is 1. The number of halogens is 2. The summed E-state index contributed by atoms with van der Waals surface area (Å²) in [6, 6.07) is 3.55. The van der Waals surface area contributed by atoms with Crippen molar-refractivity contribution in [1.29, 1.82) is 0 Å². The number of carbonyl (C=O) groups is 1. The molecule has 0 unspecified atom stereocenters. The Bertz CT molecular complexity index is 565. The molecular weight excluding hydrogens is 295 g/mol. The Morgan fingerprint density at radius 1 is 1.28 bits per heavy atom. The highest BCUT2D eigenvalue weighted by Crippen LogP contribution is 2.25. The molecule has 0 atom stereocenters. The van der Waals surface area contributed by atoms with Gasteiger partial charge < -0.3 is 0 Å². The maximum Gasteiger partial charge on any atom is 0.232 e. The Hall–Kier alpha value is -0.580. The van der Waals surface area contributed by atoms with Crippen LogP contribution in [0.15, 0.2) is 12.1 Å². The van der Waals surface area contributed by atoms with Gasteiger partial charge in [-0.25, -0.2) is 8.42 Å². The van der Waals surface area contributed by atoms with Crippen molar-refractivity contribution in [2.75, 3.05) is 5.75 Å². The standard InChI is InChI=1S/C12H14Cl2O3S/c1-8(15)7-11-4-3-10(9(2)12(11)13)5-6-18(14,16)17/h3-4H,5-7H2,1-2H3. The van der Waals surface area contributed by atoms with E-state index in [-0.39, 0.29) is 18.0 Å². The first-order chi connectivity index (χ1) is 8.20. The molecule has 0 fully saturated rings. The zero-order chi connectivity index (χ0) is 13.9. The zero-order valence-corrected chi connectivity index (χ0v) is 12.5. The molecule has 0 bridgehead atoms. The fourth-order valence-corrected chi connectivity index (χ4v) is 2.63. The second-order valence-corrected chi connectivity index (χ2v) is 7.47. The number of benzene rings is 1. The van der Waals surface area contributed by atoms with E-state index in [0.717, 1.165) is 16.7 Å². The van der Waals surface area contributed by atoms with Crippen molar-refractivity contribution < 1.29 is 13.2 Å². The molecule has 0 aromatic heterocycles. The molecule has 1 aromatic rings. The molecule has 0 amide bonds. The van der Waals surface area contributed by atoms with Gasteiger partial charge in [0.1, 0.15) is 5.78 Å². The van der Waals surface area contributed by atoms with E-state index in [1.54, 1.807) is 12.1 Å². The van der Waals surface area contributed by atoms with Crippen LogP contribution in [0.5, 0.6) is 0 Å². The van der Waals surface area contributed by atoms with Crippen LogP contribution in [0.3, 0.4) is 0 Å². The van der Waals surface area contributed by atoms with Crippen molar-refractivity contribution in [2.24, 2.45) is 0 Å². The SMILES string of the molecule is CC(=O)Cc1ccc(CCS(=O)(=O)Cl)c(C)c1Cl. The average Bonchev–Trinajstić information content (AvgIpc) is 2.22. The van der Waals surface area contributed by atoms with E-state index < -0.39 is 9.05 Å². The van der Waals surface area contributed by atoms with Gasteiger partial charge in [-0.05, 0) is 37.0 Å². The molecule has 1 aromatic carbocycles. The summed E-state index contributed by atoms with van der Waals surface area (Å²) in [7, 11) is 1.66. The molecule has 0 aliphatic heterocycles. The van der Waals surface area contributed by atoms with Gasteiger partial charge in [0.2, 0.25) is 9.05 Å². The highest BCUT2D eigenvalue weighted by atomic mass is 35.7. The van der Waals surface area contributed by atoms with Crippen LogP contribution in [0.4, 0.5) is 0 Å². The second-order valence-electron chi connectivity index (χ2n) is 4.19. The molecule has 3 nitrogen and oxygen atoms in total. The van der Waals surface area contributed by atoms with Gasteiger partial charge in [0.25, 0.3) is 0 Å². The molecule has 0 N–H and O–H groups in total. The molecule has 6 heteroatoms. The Labute approximate surface area is 117 Å². The van der Waals surface area contributed by atoms with E-state index in [2.05, 4.69) is 0 Å². The minimum absolute atomic E-state index is 0.0346. The van der Waals surface area contributed by atoms with Gasteiger partial charge >= 0.3 is 0 Å². The molecule has 0 saturated heterocycles. The number of hydrogen-bond acceptors (Lipinski definition) is 3. The maximum atomic E-state index is 11.1. The van der Waals surface area contributed by atoms with Gasteiger partial charge in [0.15, 0.2) is 0 Å². The lowest BCUT2D eigenvalue weighted by atomic mass is 10.0. The van der Waals surface area contributed by atoms with Crippen LogP contribution in [-0.4, -0.2) is 20.0 Å². The molecule has 1 rings (SSSR count). The van der Waals surface area contributed by atoms with Gasteiger partial charge in [-0.3, -0.25) is 4.79 Å². The third-order valence-corrected chi connectivity index (χ3v) is 4.31. The summed E-state index contributed by atoms with van der Waals surface area (Å²) in [5, 5.41) is 0.523. The average molecular weight is 309 g/mol. The maximum absolute atomic E-state index is 11.1. The lowest BCUT2D eigenvalue weighted by Crippen LogP contribution is -2.05. The molecular formula is C12H14Cl2O3S. The molecule has 0 saturated carbocycles. The van der Waals surface area contributed by atoms with Gasteiger partial charge in [0, 0.05) is 22.1 Å². The predicted octanol–water partition coefficient (Wildman–Crippen LogP) is 2.89. The summed E-state index contributed by atoms with van der Waals surface area (Å²) in [4.78, 5) is 11.1. The number of ketones is 1. The van der Waals surface area contributed by atoms with E-state index in [1.165, 1.54) is 6.92 Å². The fraction of sp³-hybridized carbons (Fsp3) is 0.417. The quantitative estimate of drug-likeness (QED) is 0.786. The lowest BCUT2D eigenvalue weighted by Gasteiger charge is -2.10. The predicted molar refractivity (Wildman–Crippen MR) is 73.9 cm³/mol. The highest BCUT2D eigenvalue weighted by Gasteiger charge is 2.12. The van der Waals surface area contributed by atoms with Gasteiger partial charge in [-0.2, -0.15) is 0 Å². The highest BCUT2D eigenvalue weighted by molar-refractivity contribution is 8.13. The van der Waals surface area contributed by atoms with E-state index >= 15 is 0 Å². The van der Waals surface area contributed by atoms with Crippen LogP contribution in [0.25, 0.3) is 0 Å². The minimum Gasteiger partial charge on any atom is -0.300 e. The van der Waals surface area contributed by atoms with Crippen LogP contribution in [-0.2, 0) is 26.7 Å². The summed E-state index contributed by atoms with van der Waals surface area (Å²) in [6.45, 7) is 3.31. The van der Waals surface area contributed by atoms with Crippen molar-refractivity contribution in [2.45, 2.75) is 26.7 Å². The van der Waals surface area contributed by atoms with Crippen LogP contribution in [0.2, 0.25) is 5.02 Å². The first-order valence-electron chi connectivity index (χ1n) is 5.39. The molecule has 0 spiro atoms. The first-order valence-corrected chi connectivity index (χ1v) is 8.25. The summed E-state index contributed by atoms with van der Waals surface area (Å²) < 4.78 is 21.8. The van der Waals surface area contributed by atoms with E-state index in [4.69, 9.17) is 22.3 Å². The van der Waals surface area contributed by atoms with E-state index in [9.17, 15) is 13.2 Å². The first kappa shape index (κ1) is 15.5. The van der Waals surface area contributed by atoms with Crippen LogP contribution < -0.4 is 0 Å². The summed E-state index contributed by atoms with van der Waals surface area (Å²) in [5.74, 6) is -0.0926. The normalized spacial score (nSPS) is 11.6. The topological polar surface area (TPSA) is 51.2 Å². The van der Waals surface area contributed by atoms with Crippen LogP contribution in [0, 0.1) is 6.92 Å². The molecule has 100 valence electrons. The molecule has 0 heterocycles. The van der Waals surface area contributed by atoms with Gasteiger partial charge in [-0.1, -0.05) is 23.7 Å². The Balaban J connectivity index is 2.97. The van der Waals surface area contributed by atoms with Crippen molar-refractivity contribution >= 4 is 37.1 Å². The van der Waals surface area contributed by atoms with Crippen molar-refractivity contribution in [3.8, 4) is 0 Å². The third kappa shape index (κ3) is 4.59. The van der Waals surface area contributed by atoms with E-state index in [0.29, 0.717) is 11.4 Å². The summed E-state index contributed by atoms with van der Waals surface area (Å²) >= 11 is 6.16. The van der Waals surface area contributed by atoms with E-state index in [1.807, 2.05) is 6.92 Å². The Morgan fingerprint density at radius 3 is 2.33 bits per heavy atom. The fourth-order valence-electron chi connectivity index (χ4n) is 1.69. The van der Waals surface area contributed by atoms with Crippen molar-refractivity contribution in [3.05, 3.63) is 33.8 Å². The summed E-state index contributed by atoms with van der Waals surface area (Å²) in [6.07, 6.45) is 0.603. The smallest absolute Gasteiger partial charge is 0.232 e. The monoisotopic (exact) mass is 308 g/mol. The molecule has 18 heavy (non-hydrogen) atoms. The Morgan fingerprint density at radius 2 is 1.83 bits per heavy atom. The minimum atomic E-state index is -3.51. The third-order valence-electron chi connectivity index (χ3n) is 2.63. The molecule has 0 aliphatic carbocycles. The number of Topliss-reactive ketones (excluding diaryl/α,β-unsaturated/α-hetero) is 1.